The number of carbonyl (C=O) groups excluding carboxylic acids is 1. The molecule has 2 heterocycles. The van der Waals surface area contributed by atoms with Crippen LogP contribution in [0, 0.1) is 5.92 Å². The van der Waals surface area contributed by atoms with Crippen molar-refractivity contribution in [2.24, 2.45) is 11.7 Å². The molecule has 0 aromatic rings. The molecule has 114 valence electrons. The van der Waals surface area contributed by atoms with E-state index in [1.165, 1.54) is 19.3 Å². The zero-order chi connectivity index (χ0) is 14.1. The Morgan fingerprint density at radius 3 is 2.40 bits per heavy atom. The molecule has 2 N–H and O–H groups in total. The Morgan fingerprint density at radius 2 is 1.70 bits per heavy atom. The van der Waals surface area contributed by atoms with Gasteiger partial charge in [-0.3, -0.25) is 4.79 Å². The van der Waals surface area contributed by atoms with E-state index in [9.17, 15) is 4.79 Å². The molecule has 3 fully saturated rings. The molecule has 20 heavy (non-hydrogen) atoms. The van der Waals surface area contributed by atoms with E-state index in [1.54, 1.807) is 0 Å². The first-order chi connectivity index (χ1) is 9.64. The molecule has 0 aromatic carbocycles. The van der Waals surface area contributed by atoms with E-state index in [4.69, 9.17) is 15.2 Å². The molecule has 4 nitrogen and oxygen atoms in total. The molecule has 3 rings (SSSR count). The summed E-state index contributed by atoms with van der Waals surface area (Å²) >= 11 is 0. The summed E-state index contributed by atoms with van der Waals surface area (Å²) in [5.41, 5.74) is 5.72. The Hall–Kier alpha value is -0.450. The molecule has 0 aromatic heterocycles. The van der Waals surface area contributed by atoms with Crippen molar-refractivity contribution >= 4 is 5.78 Å². The normalized spacial score (nSPS) is 33.0. The Kier molecular flexibility index (Phi) is 4.16. The van der Waals surface area contributed by atoms with Crippen LogP contribution in [0.25, 0.3) is 0 Å². The van der Waals surface area contributed by atoms with Gasteiger partial charge in [-0.25, -0.2) is 0 Å². The SMILES string of the molecule is NC1(C(=O)C2CCOC3(CCCCC3)C2)CCOCC1. The van der Waals surface area contributed by atoms with Gasteiger partial charge in [0, 0.05) is 25.7 Å². The second-order valence-corrected chi connectivity index (χ2v) is 6.91. The van der Waals surface area contributed by atoms with E-state index in [1.807, 2.05) is 0 Å². The summed E-state index contributed by atoms with van der Waals surface area (Å²) in [5.74, 6) is 0.374. The highest BCUT2D eigenvalue weighted by molar-refractivity contribution is 5.90. The van der Waals surface area contributed by atoms with Crippen molar-refractivity contribution < 1.29 is 14.3 Å². The van der Waals surface area contributed by atoms with Gasteiger partial charge < -0.3 is 15.2 Å². The quantitative estimate of drug-likeness (QED) is 0.843. The Labute approximate surface area is 121 Å². The molecule has 1 spiro atoms. The monoisotopic (exact) mass is 281 g/mol. The van der Waals surface area contributed by atoms with E-state index in [0.29, 0.717) is 26.1 Å². The lowest BCUT2D eigenvalue weighted by Gasteiger charge is -2.45. The highest BCUT2D eigenvalue weighted by Gasteiger charge is 2.46. The molecule has 1 unspecified atom stereocenters. The molecule has 2 aliphatic heterocycles. The summed E-state index contributed by atoms with van der Waals surface area (Å²) in [6.45, 7) is 1.97. The number of Topliss-reactive ketones (excluding diaryl/α,β-unsaturated/α-hetero) is 1. The highest BCUT2D eigenvalue weighted by Crippen LogP contribution is 2.42. The average Bonchev–Trinajstić information content (AvgIpc) is 2.48. The van der Waals surface area contributed by atoms with Crippen LogP contribution in [0.4, 0.5) is 0 Å². The molecular formula is C16H27NO3. The lowest BCUT2D eigenvalue weighted by atomic mass is 9.71. The molecule has 1 saturated carbocycles. The summed E-state index contributed by atoms with van der Waals surface area (Å²) in [5, 5.41) is 0. The number of hydrogen-bond acceptors (Lipinski definition) is 4. The summed E-state index contributed by atoms with van der Waals surface area (Å²) < 4.78 is 11.4. The van der Waals surface area contributed by atoms with Gasteiger partial charge in [0.25, 0.3) is 0 Å². The van der Waals surface area contributed by atoms with Crippen LogP contribution in [0.1, 0.15) is 57.8 Å². The third-order valence-electron chi connectivity index (χ3n) is 5.50. The minimum Gasteiger partial charge on any atom is -0.381 e. The molecule has 3 aliphatic rings. The number of ketones is 1. The van der Waals surface area contributed by atoms with Gasteiger partial charge in [-0.05, 0) is 38.5 Å². The second-order valence-electron chi connectivity index (χ2n) is 6.91. The largest absolute Gasteiger partial charge is 0.381 e. The van der Waals surface area contributed by atoms with Gasteiger partial charge in [0.15, 0.2) is 5.78 Å². The molecule has 0 bridgehead atoms. The first-order valence-corrected chi connectivity index (χ1v) is 8.19. The first kappa shape index (κ1) is 14.5. The molecule has 0 amide bonds. The van der Waals surface area contributed by atoms with Crippen LogP contribution in [0.3, 0.4) is 0 Å². The van der Waals surface area contributed by atoms with Crippen LogP contribution < -0.4 is 5.73 Å². The topological polar surface area (TPSA) is 61.6 Å². The van der Waals surface area contributed by atoms with E-state index in [0.717, 1.165) is 32.3 Å². The summed E-state index contributed by atoms with van der Waals surface area (Å²) in [4.78, 5) is 12.9. The number of carbonyl (C=O) groups is 1. The molecule has 1 atom stereocenters. The number of hydrogen-bond donors (Lipinski definition) is 1. The van der Waals surface area contributed by atoms with Gasteiger partial charge >= 0.3 is 0 Å². The molecular weight excluding hydrogens is 254 g/mol. The van der Waals surface area contributed by atoms with Crippen molar-refractivity contribution in [1.29, 1.82) is 0 Å². The lowest BCUT2D eigenvalue weighted by molar-refractivity contribution is -0.149. The number of nitrogens with two attached hydrogens (primary N) is 1. The van der Waals surface area contributed by atoms with Gasteiger partial charge in [-0.15, -0.1) is 0 Å². The highest BCUT2D eigenvalue weighted by atomic mass is 16.5. The third kappa shape index (κ3) is 2.78. The summed E-state index contributed by atoms with van der Waals surface area (Å²) in [6.07, 6.45) is 9.13. The smallest absolute Gasteiger partial charge is 0.156 e. The predicted octanol–water partition coefficient (Wildman–Crippen LogP) is 2.19. The Bertz CT molecular complexity index is 351. The standard InChI is InChI=1S/C16H27NO3/c17-16(7-10-19-11-8-16)14(18)13-4-9-20-15(12-13)5-2-1-3-6-15/h13H,1-12,17H2. The molecule has 0 radical (unpaired) electrons. The minimum absolute atomic E-state index is 0.0155. The van der Waals surface area contributed by atoms with Crippen LogP contribution >= 0.6 is 0 Å². The zero-order valence-electron chi connectivity index (χ0n) is 12.4. The fraction of sp³-hybridized carbons (Fsp3) is 0.938. The fourth-order valence-electron chi connectivity index (χ4n) is 4.18. The maximum absolute atomic E-state index is 12.9. The lowest BCUT2D eigenvalue weighted by Crippen LogP contribution is -2.56. The summed E-state index contributed by atoms with van der Waals surface area (Å²) in [6, 6.07) is 0. The van der Waals surface area contributed by atoms with E-state index in [2.05, 4.69) is 0 Å². The van der Waals surface area contributed by atoms with Crippen molar-refractivity contribution in [1.82, 2.24) is 0 Å². The van der Waals surface area contributed by atoms with Crippen molar-refractivity contribution in [3.8, 4) is 0 Å². The third-order valence-corrected chi connectivity index (χ3v) is 5.50. The van der Waals surface area contributed by atoms with Crippen LogP contribution in [0.15, 0.2) is 0 Å². The Balaban J connectivity index is 1.68. The van der Waals surface area contributed by atoms with Crippen molar-refractivity contribution in [3.05, 3.63) is 0 Å². The summed E-state index contributed by atoms with van der Waals surface area (Å²) in [7, 11) is 0. The van der Waals surface area contributed by atoms with Crippen molar-refractivity contribution in [3.63, 3.8) is 0 Å². The van der Waals surface area contributed by atoms with E-state index >= 15 is 0 Å². The Morgan fingerprint density at radius 1 is 1.00 bits per heavy atom. The molecule has 1 aliphatic carbocycles. The first-order valence-electron chi connectivity index (χ1n) is 8.19. The van der Waals surface area contributed by atoms with E-state index in [-0.39, 0.29) is 17.3 Å². The number of ether oxygens (including phenoxy) is 2. The molecule has 2 saturated heterocycles. The maximum Gasteiger partial charge on any atom is 0.156 e. The van der Waals surface area contributed by atoms with Gasteiger partial charge in [0.1, 0.15) is 0 Å². The van der Waals surface area contributed by atoms with Crippen molar-refractivity contribution in [2.75, 3.05) is 19.8 Å². The van der Waals surface area contributed by atoms with Crippen LogP contribution in [0.5, 0.6) is 0 Å². The zero-order valence-corrected chi connectivity index (χ0v) is 12.4. The number of rotatable bonds is 2. The average molecular weight is 281 g/mol. The van der Waals surface area contributed by atoms with Gasteiger partial charge in [0.2, 0.25) is 0 Å². The van der Waals surface area contributed by atoms with Gasteiger partial charge in [-0.1, -0.05) is 19.3 Å². The predicted molar refractivity (Wildman–Crippen MR) is 76.5 cm³/mol. The maximum atomic E-state index is 12.9. The molecule has 4 heteroatoms. The van der Waals surface area contributed by atoms with Crippen LogP contribution in [-0.4, -0.2) is 36.7 Å². The van der Waals surface area contributed by atoms with Gasteiger partial charge in [-0.2, -0.15) is 0 Å². The fourth-order valence-corrected chi connectivity index (χ4v) is 4.18. The van der Waals surface area contributed by atoms with Crippen molar-refractivity contribution in [2.45, 2.75) is 68.9 Å². The minimum atomic E-state index is -0.643. The van der Waals surface area contributed by atoms with Crippen LogP contribution in [-0.2, 0) is 14.3 Å². The van der Waals surface area contributed by atoms with Crippen LogP contribution in [0.2, 0.25) is 0 Å². The van der Waals surface area contributed by atoms with Gasteiger partial charge in [0.05, 0.1) is 11.1 Å². The second kappa shape index (κ2) is 5.74. The van der Waals surface area contributed by atoms with E-state index < -0.39 is 5.54 Å².